The van der Waals surface area contributed by atoms with Crippen LogP contribution in [0.5, 0.6) is 0 Å². The standard InChI is InChI=1S/C18H14ClN3O4S2/c19-16-10-11-17(27-16)28(25,26)21-22(12-23)15-8-6-13(7-9-15)18(24)20-14-4-2-1-3-5-14/h1-12,21H,(H,20,24). The van der Waals surface area contributed by atoms with Gasteiger partial charge in [-0.25, -0.2) is 13.4 Å². The molecule has 0 radical (unpaired) electrons. The number of thiophene rings is 1. The Hall–Kier alpha value is -2.72. The van der Waals surface area contributed by atoms with E-state index in [4.69, 9.17) is 11.6 Å². The number of rotatable bonds is 7. The Balaban J connectivity index is 1.73. The summed E-state index contributed by atoms with van der Waals surface area (Å²) in [4.78, 5) is 25.8. The lowest BCUT2D eigenvalue weighted by Crippen LogP contribution is -2.41. The van der Waals surface area contributed by atoms with Crippen LogP contribution in [-0.2, 0) is 14.8 Å². The highest BCUT2D eigenvalue weighted by Crippen LogP contribution is 2.26. The van der Waals surface area contributed by atoms with Crippen molar-refractivity contribution >= 4 is 56.7 Å². The normalized spacial score (nSPS) is 11.0. The van der Waals surface area contributed by atoms with E-state index in [-0.39, 0.29) is 15.8 Å². The molecular formula is C18H14ClN3O4S2. The zero-order chi connectivity index (χ0) is 20.1. The second-order valence-corrected chi connectivity index (χ2v) is 9.10. The number of nitrogens with one attached hydrogen (secondary N) is 2. The molecule has 2 amide bonds. The van der Waals surface area contributed by atoms with Crippen LogP contribution in [0, 0.1) is 0 Å². The molecule has 0 saturated heterocycles. The third kappa shape index (κ3) is 4.76. The highest BCUT2D eigenvalue weighted by molar-refractivity contribution is 7.91. The van der Waals surface area contributed by atoms with Gasteiger partial charge in [0, 0.05) is 11.3 Å². The Bertz CT molecular complexity index is 1080. The molecule has 7 nitrogen and oxygen atoms in total. The van der Waals surface area contributed by atoms with Crippen LogP contribution in [0.1, 0.15) is 10.4 Å². The van der Waals surface area contributed by atoms with E-state index in [1.54, 1.807) is 24.3 Å². The lowest BCUT2D eigenvalue weighted by molar-refractivity contribution is -0.107. The van der Waals surface area contributed by atoms with Gasteiger partial charge in [-0.3, -0.25) is 9.59 Å². The third-order valence-electron chi connectivity index (χ3n) is 3.58. The summed E-state index contributed by atoms with van der Waals surface area (Å²) in [6.07, 6.45) is 0.325. The first-order chi connectivity index (χ1) is 13.4. The number of benzene rings is 2. The van der Waals surface area contributed by atoms with E-state index < -0.39 is 10.0 Å². The first-order valence-electron chi connectivity index (χ1n) is 7.88. The number of carbonyl (C=O) groups excluding carboxylic acids is 2. The van der Waals surface area contributed by atoms with Crippen LogP contribution in [0.3, 0.4) is 0 Å². The Morgan fingerprint density at radius 2 is 1.68 bits per heavy atom. The smallest absolute Gasteiger partial charge is 0.267 e. The average molecular weight is 436 g/mol. The van der Waals surface area contributed by atoms with E-state index in [1.807, 2.05) is 6.07 Å². The monoisotopic (exact) mass is 435 g/mol. The molecule has 0 aliphatic rings. The van der Waals surface area contributed by atoms with Gasteiger partial charge in [0.05, 0.1) is 10.0 Å². The van der Waals surface area contributed by atoms with Crippen molar-refractivity contribution in [3.8, 4) is 0 Å². The highest BCUT2D eigenvalue weighted by atomic mass is 35.5. The van der Waals surface area contributed by atoms with E-state index in [1.165, 1.54) is 36.4 Å². The topological polar surface area (TPSA) is 95.6 Å². The second-order valence-electron chi connectivity index (χ2n) is 5.50. The van der Waals surface area contributed by atoms with Gasteiger partial charge in [-0.05, 0) is 48.5 Å². The number of hydrogen-bond acceptors (Lipinski definition) is 5. The zero-order valence-electron chi connectivity index (χ0n) is 14.2. The van der Waals surface area contributed by atoms with Crippen molar-refractivity contribution in [1.82, 2.24) is 4.83 Å². The number of halogens is 1. The van der Waals surface area contributed by atoms with Gasteiger partial charge in [-0.15, -0.1) is 16.2 Å². The predicted molar refractivity (Wildman–Crippen MR) is 109 cm³/mol. The fourth-order valence-electron chi connectivity index (χ4n) is 2.25. The molecule has 0 aliphatic carbocycles. The number of sulfonamides is 1. The van der Waals surface area contributed by atoms with Gasteiger partial charge >= 0.3 is 0 Å². The first-order valence-corrected chi connectivity index (χ1v) is 10.6. The molecule has 0 spiro atoms. The number of carbonyl (C=O) groups is 2. The molecule has 0 saturated carbocycles. The molecular weight excluding hydrogens is 422 g/mol. The molecule has 0 aliphatic heterocycles. The van der Waals surface area contributed by atoms with Crippen molar-refractivity contribution in [2.24, 2.45) is 0 Å². The number of para-hydroxylation sites is 1. The molecule has 0 unspecified atom stereocenters. The minimum atomic E-state index is -3.97. The molecule has 0 atom stereocenters. The van der Waals surface area contributed by atoms with Gasteiger partial charge in [-0.1, -0.05) is 29.8 Å². The Kier molecular flexibility index (Phi) is 6.10. The molecule has 10 heteroatoms. The van der Waals surface area contributed by atoms with E-state index in [0.29, 0.717) is 22.0 Å². The van der Waals surface area contributed by atoms with Crippen LogP contribution in [0.25, 0.3) is 0 Å². The first kappa shape index (κ1) is 20.0. The quantitative estimate of drug-likeness (QED) is 0.438. The van der Waals surface area contributed by atoms with Crippen molar-refractivity contribution in [2.45, 2.75) is 4.21 Å². The Labute approximate surface area is 170 Å². The third-order valence-corrected chi connectivity index (χ3v) is 6.61. The average Bonchev–Trinajstić information content (AvgIpc) is 3.14. The van der Waals surface area contributed by atoms with Gasteiger partial charge in [0.15, 0.2) is 0 Å². The van der Waals surface area contributed by atoms with Crippen molar-refractivity contribution < 1.29 is 18.0 Å². The van der Waals surface area contributed by atoms with Crippen LogP contribution in [0.2, 0.25) is 4.34 Å². The van der Waals surface area contributed by atoms with Crippen molar-refractivity contribution in [1.29, 1.82) is 0 Å². The number of amides is 2. The summed E-state index contributed by atoms with van der Waals surface area (Å²) in [6.45, 7) is 0. The van der Waals surface area contributed by atoms with E-state index in [9.17, 15) is 18.0 Å². The summed E-state index contributed by atoms with van der Waals surface area (Å²) in [6, 6.07) is 17.6. The lowest BCUT2D eigenvalue weighted by Gasteiger charge is -2.18. The van der Waals surface area contributed by atoms with Crippen LogP contribution in [0.4, 0.5) is 11.4 Å². The van der Waals surface area contributed by atoms with Crippen LogP contribution in [-0.4, -0.2) is 20.7 Å². The number of nitrogens with zero attached hydrogens (tertiary/aromatic N) is 1. The Morgan fingerprint density at radius 3 is 2.25 bits per heavy atom. The Morgan fingerprint density at radius 1 is 1.00 bits per heavy atom. The summed E-state index contributed by atoms with van der Waals surface area (Å²) < 4.78 is 25.0. The summed E-state index contributed by atoms with van der Waals surface area (Å²) in [5, 5.41) is 3.55. The molecule has 28 heavy (non-hydrogen) atoms. The molecule has 3 rings (SSSR count). The summed E-state index contributed by atoms with van der Waals surface area (Å²) in [7, 11) is -3.97. The fraction of sp³-hybridized carbons (Fsp3) is 0. The molecule has 1 heterocycles. The predicted octanol–water partition coefficient (Wildman–Crippen LogP) is 3.51. The maximum atomic E-state index is 12.3. The summed E-state index contributed by atoms with van der Waals surface area (Å²) >= 11 is 6.63. The zero-order valence-corrected chi connectivity index (χ0v) is 16.6. The molecule has 3 aromatic rings. The van der Waals surface area contributed by atoms with Crippen molar-refractivity contribution in [3.05, 3.63) is 76.6 Å². The number of hydrogen-bond donors (Lipinski definition) is 2. The molecule has 0 bridgehead atoms. The maximum Gasteiger partial charge on any atom is 0.267 e. The van der Waals surface area contributed by atoms with Crippen LogP contribution < -0.4 is 15.2 Å². The van der Waals surface area contributed by atoms with Crippen LogP contribution >= 0.6 is 22.9 Å². The highest BCUT2D eigenvalue weighted by Gasteiger charge is 2.21. The van der Waals surface area contributed by atoms with E-state index in [2.05, 4.69) is 10.1 Å². The number of hydrazine groups is 1. The van der Waals surface area contributed by atoms with E-state index in [0.717, 1.165) is 16.3 Å². The maximum absolute atomic E-state index is 12.3. The van der Waals surface area contributed by atoms with Gasteiger partial charge in [0.2, 0.25) is 6.41 Å². The van der Waals surface area contributed by atoms with Crippen molar-refractivity contribution in [2.75, 3.05) is 10.3 Å². The second kappa shape index (κ2) is 8.53. The van der Waals surface area contributed by atoms with Gasteiger partial charge in [-0.2, -0.15) is 0 Å². The fourth-order valence-corrected chi connectivity index (χ4v) is 4.73. The van der Waals surface area contributed by atoms with Crippen molar-refractivity contribution in [3.63, 3.8) is 0 Å². The number of anilines is 2. The largest absolute Gasteiger partial charge is 0.322 e. The minimum absolute atomic E-state index is 0.0248. The van der Waals surface area contributed by atoms with Crippen LogP contribution in [0.15, 0.2) is 70.9 Å². The molecule has 144 valence electrons. The summed E-state index contributed by atoms with van der Waals surface area (Å²) in [5.74, 6) is -0.329. The summed E-state index contributed by atoms with van der Waals surface area (Å²) in [5.41, 5.74) is 1.25. The van der Waals surface area contributed by atoms with Gasteiger partial charge < -0.3 is 5.32 Å². The molecule has 2 N–H and O–H groups in total. The van der Waals surface area contributed by atoms with Gasteiger partial charge in [0.25, 0.3) is 15.9 Å². The lowest BCUT2D eigenvalue weighted by atomic mass is 10.2. The molecule has 0 fully saturated rings. The minimum Gasteiger partial charge on any atom is -0.322 e. The molecule has 1 aromatic heterocycles. The van der Waals surface area contributed by atoms with E-state index >= 15 is 0 Å². The SMILES string of the molecule is O=CN(NS(=O)(=O)c1ccc(Cl)s1)c1ccc(C(=O)Nc2ccccc2)cc1. The van der Waals surface area contributed by atoms with Gasteiger partial charge in [0.1, 0.15) is 4.21 Å². The molecule has 2 aromatic carbocycles.